The molecular weight excluding hydrogens is 494 g/mol. The molecule has 0 atom stereocenters. The Balaban J connectivity index is 1.42. The summed E-state index contributed by atoms with van der Waals surface area (Å²) in [7, 11) is -3.97. The largest absolute Gasteiger partial charge is 0.477 e. The summed E-state index contributed by atoms with van der Waals surface area (Å²) in [5.41, 5.74) is 1.59. The number of hydrogen-bond acceptors (Lipinski definition) is 8. The van der Waals surface area contributed by atoms with E-state index in [4.69, 9.17) is 5.11 Å². The van der Waals surface area contributed by atoms with Crippen LogP contribution in [-0.4, -0.2) is 46.3 Å². The molecule has 4 rings (SSSR count). The molecule has 35 heavy (non-hydrogen) atoms. The van der Waals surface area contributed by atoms with Crippen LogP contribution in [0.25, 0.3) is 0 Å². The molecule has 2 aromatic heterocycles. The van der Waals surface area contributed by atoms with E-state index >= 15 is 0 Å². The van der Waals surface area contributed by atoms with Crippen molar-refractivity contribution in [2.75, 3.05) is 10.6 Å². The molecule has 0 unspecified atom stereocenters. The van der Waals surface area contributed by atoms with Crippen LogP contribution in [0.4, 0.5) is 15.6 Å². The monoisotopic (exact) mass is 517 g/mol. The van der Waals surface area contributed by atoms with Crippen molar-refractivity contribution in [1.82, 2.24) is 15.0 Å². The highest BCUT2D eigenvalue weighted by Gasteiger charge is 2.26. The molecule has 3 aromatic rings. The molecule has 1 aliphatic rings. The molecule has 0 spiro atoms. The molecule has 0 radical (unpaired) electrons. The lowest BCUT2D eigenvalue weighted by molar-refractivity contribution is 0.0690. The van der Waals surface area contributed by atoms with Gasteiger partial charge >= 0.3 is 12.0 Å². The van der Waals surface area contributed by atoms with E-state index in [1.165, 1.54) is 5.38 Å². The first-order valence-electron chi connectivity index (χ1n) is 10.8. The van der Waals surface area contributed by atoms with Crippen molar-refractivity contribution in [3.05, 3.63) is 52.3 Å². The number of amides is 2. The number of hydrogen-bond donors (Lipinski definition) is 4. The van der Waals surface area contributed by atoms with E-state index in [1.807, 2.05) is 6.92 Å². The van der Waals surface area contributed by atoms with E-state index in [9.17, 15) is 22.8 Å². The molecule has 4 N–H and O–H groups in total. The van der Waals surface area contributed by atoms with E-state index in [2.05, 4.69) is 25.6 Å². The first-order valence-corrected chi connectivity index (χ1v) is 13.3. The summed E-state index contributed by atoms with van der Waals surface area (Å²) in [6.45, 7) is 1.88. The van der Waals surface area contributed by atoms with Gasteiger partial charge in [0.05, 0.1) is 17.6 Å². The normalized spacial score (nSPS) is 14.1. The van der Waals surface area contributed by atoms with Crippen LogP contribution in [0.1, 0.15) is 57.8 Å². The zero-order valence-electron chi connectivity index (χ0n) is 18.7. The van der Waals surface area contributed by atoms with E-state index in [0.29, 0.717) is 11.3 Å². The van der Waals surface area contributed by atoms with Gasteiger partial charge in [0.25, 0.3) is 0 Å². The number of imidazole rings is 1. The van der Waals surface area contributed by atoms with E-state index < -0.39 is 32.7 Å². The maximum Gasteiger partial charge on any atom is 0.353 e. The SMILES string of the molecule is Cc1ccc(NC(=O)Nc2nc(CS(=O)(=O)c3ncc(C(=O)O)[nH]3)cs2)c(C(=O)C2CCCC2)c1. The van der Waals surface area contributed by atoms with E-state index in [0.717, 1.165) is 48.8 Å². The van der Waals surface area contributed by atoms with Gasteiger partial charge in [0.1, 0.15) is 11.4 Å². The molecule has 13 heteroatoms. The van der Waals surface area contributed by atoms with Crippen LogP contribution in [-0.2, 0) is 15.6 Å². The number of rotatable bonds is 8. The van der Waals surface area contributed by atoms with Crippen LogP contribution in [0.3, 0.4) is 0 Å². The minimum Gasteiger partial charge on any atom is -0.477 e. The summed E-state index contributed by atoms with van der Waals surface area (Å²) in [6.07, 6.45) is 4.66. The molecule has 1 aromatic carbocycles. The molecule has 11 nitrogen and oxygen atoms in total. The molecule has 0 saturated heterocycles. The number of nitrogens with one attached hydrogen (secondary N) is 3. The maximum absolute atomic E-state index is 13.0. The number of carbonyl (C=O) groups excluding carboxylic acids is 2. The van der Waals surface area contributed by atoms with Crippen LogP contribution < -0.4 is 10.6 Å². The van der Waals surface area contributed by atoms with E-state index in [1.54, 1.807) is 18.2 Å². The number of urea groups is 1. The van der Waals surface area contributed by atoms with Gasteiger partial charge in [0.15, 0.2) is 10.9 Å². The van der Waals surface area contributed by atoms with Gasteiger partial charge in [-0.05, 0) is 31.9 Å². The average Bonchev–Trinajstić information content (AvgIpc) is 3.56. The quantitative estimate of drug-likeness (QED) is 0.326. The molecule has 0 bridgehead atoms. The second kappa shape index (κ2) is 9.96. The molecule has 1 saturated carbocycles. The standard InChI is InChI=1S/C22H23N5O6S2/c1-12-6-7-16(15(8-12)18(28)13-4-2-3-5-13)25-20(31)27-21-24-14(10-34-21)11-35(32,33)22-23-9-17(26-22)19(29)30/h6-10,13H,2-5,11H2,1H3,(H,23,26)(H,29,30)(H2,24,25,27,31). The number of carboxylic acid groups (broad SMARTS) is 1. The van der Waals surface area contributed by atoms with E-state index in [-0.39, 0.29) is 28.2 Å². The summed E-state index contributed by atoms with van der Waals surface area (Å²) >= 11 is 1.03. The van der Waals surface area contributed by atoms with Crippen LogP contribution in [0.15, 0.2) is 34.9 Å². The van der Waals surface area contributed by atoms with Crippen molar-refractivity contribution in [3.63, 3.8) is 0 Å². The minimum atomic E-state index is -3.97. The zero-order chi connectivity index (χ0) is 25.2. The first kappa shape index (κ1) is 24.5. The van der Waals surface area contributed by atoms with Crippen molar-refractivity contribution < 1.29 is 27.9 Å². The summed E-state index contributed by atoms with van der Waals surface area (Å²) in [4.78, 5) is 46.5. The number of aryl methyl sites for hydroxylation is 1. The fraction of sp³-hybridized carbons (Fsp3) is 0.318. The number of aromatic carboxylic acids is 1. The van der Waals surface area contributed by atoms with Crippen molar-refractivity contribution >= 4 is 49.8 Å². The summed E-state index contributed by atoms with van der Waals surface area (Å²) in [5.74, 6) is -1.87. The van der Waals surface area contributed by atoms with Crippen LogP contribution in [0.5, 0.6) is 0 Å². The third-order valence-electron chi connectivity index (χ3n) is 5.60. The van der Waals surface area contributed by atoms with Gasteiger partial charge in [-0.2, -0.15) is 0 Å². The highest BCUT2D eigenvalue weighted by Crippen LogP contribution is 2.31. The smallest absolute Gasteiger partial charge is 0.353 e. The van der Waals surface area contributed by atoms with Gasteiger partial charge in [0.2, 0.25) is 15.0 Å². The lowest BCUT2D eigenvalue weighted by Gasteiger charge is -2.14. The zero-order valence-corrected chi connectivity index (χ0v) is 20.3. The average molecular weight is 518 g/mol. The Bertz CT molecular complexity index is 1390. The topological polar surface area (TPSA) is 171 Å². The number of carboxylic acids is 1. The maximum atomic E-state index is 13.0. The Morgan fingerprint density at radius 3 is 2.63 bits per heavy atom. The lowest BCUT2D eigenvalue weighted by atomic mass is 9.94. The molecule has 0 aliphatic heterocycles. The van der Waals surface area contributed by atoms with Crippen LogP contribution >= 0.6 is 11.3 Å². The highest BCUT2D eigenvalue weighted by atomic mass is 32.2. The Morgan fingerprint density at radius 2 is 1.94 bits per heavy atom. The van der Waals surface area contributed by atoms with Gasteiger partial charge in [0, 0.05) is 16.9 Å². The third-order valence-corrected chi connectivity index (χ3v) is 7.88. The van der Waals surface area contributed by atoms with Gasteiger partial charge < -0.3 is 15.4 Å². The molecule has 184 valence electrons. The Hall–Kier alpha value is -3.58. The van der Waals surface area contributed by atoms with Crippen LogP contribution in [0.2, 0.25) is 0 Å². The first-order chi connectivity index (χ1) is 16.6. The van der Waals surface area contributed by atoms with Gasteiger partial charge in [-0.25, -0.2) is 28.0 Å². The number of benzene rings is 1. The van der Waals surface area contributed by atoms with Crippen molar-refractivity contribution in [1.29, 1.82) is 0 Å². The number of thiazole rings is 1. The van der Waals surface area contributed by atoms with Gasteiger partial charge in [-0.3, -0.25) is 10.1 Å². The highest BCUT2D eigenvalue weighted by molar-refractivity contribution is 7.90. The molecule has 2 amide bonds. The Labute approximate surface area is 204 Å². The third kappa shape index (κ3) is 5.74. The second-order valence-corrected chi connectivity index (χ2v) is 11.0. The number of carbonyl (C=O) groups is 3. The second-order valence-electron chi connectivity index (χ2n) is 8.28. The van der Waals surface area contributed by atoms with Crippen molar-refractivity contribution in [2.45, 2.75) is 43.5 Å². The molecular formula is C22H23N5O6S2. The summed E-state index contributed by atoms with van der Waals surface area (Å²) in [5, 5.41) is 15.3. The number of anilines is 2. The predicted octanol–water partition coefficient (Wildman–Crippen LogP) is 3.86. The molecule has 1 fully saturated rings. The number of Topliss-reactive ketones (excluding diaryl/α,β-unsaturated/α-hetero) is 1. The van der Waals surface area contributed by atoms with Crippen LogP contribution in [0, 0.1) is 12.8 Å². The lowest BCUT2D eigenvalue weighted by Crippen LogP contribution is -2.22. The number of H-pyrrole nitrogens is 1. The van der Waals surface area contributed by atoms with Gasteiger partial charge in [-0.15, -0.1) is 11.3 Å². The number of aromatic nitrogens is 3. The Kier molecular flexibility index (Phi) is 6.98. The summed E-state index contributed by atoms with van der Waals surface area (Å²) < 4.78 is 25.0. The van der Waals surface area contributed by atoms with Gasteiger partial charge in [-0.1, -0.05) is 24.5 Å². The fourth-order valence-electron chi connectivity index (χ4n) is 3.89. The Morgan fingerprint density at radius 1 is 1.20 bits per heavy atom. The minimum absolute atomic E-state index is 0.0206. The molecule has 2 heterocycles. The van der Waals surface area contributed by atoms with Crippen molar-refractivity contribution in [3.8, 4) is 0 Å². The number of aromatic amines is 1. The number of nitrogens with zero attached hydrogens (tertiary/aromatic N) is 2. The predicted molar refractivity (Wildman–Crippen MR) is 129 cm³/mol. The summed E-state index contributed by atoms with van der Waals surface area (Å²) in [6, 6.07) is 4.64. The number of sulfone groups is 1. The fourth-order valence-corrected chi connectivity index (χ4v) is 5.86. The molecule has 1 aliphatic carbocycles. The van der Waals surface area contributed by atoms with Crippen molar-refractivity contribution in [2.24, 2.45) is 5.92 Å². The number of ketones is 1.